The normalized spacial score (nSPS) is 9.80. The molecule has 0 saturated heterocycles. The maximum atomic E-state index is 10.2. The molecule has 6 heteroatoms. The van der Waals surface area contributed by atoms with Crippen molar-refractivity contribution in [2.24, 2.45) is 0 Å². The van der Waals surface area contributed by atoms with E-state index in [4.69, 9.17) is 5.11 Å². The molecular formula is C9H12Br2O4. The number of methoxy groups -OCH3 is 1. The van der Waals surface area contributed by atoms with Gasteiger partial charge in [-0.05, 0) is 0 Å². The molecule has 15 heavy (non-hydrogen) atoms. The number of carboxylic acid groups (broad SMARTS) is 1. The molecule has 0 saturated carbocycles. The highest BCUT2D eigenvalue weighted by atomic mass is 79.9. The van der Waals surface area contributed by atoms with Crippen molar-refractivity contribution < 1.29 is 19.4 Å². The molecule has 0 aliphatic heterocycles. The van der Waals surface area contributed by atoms with E-state index in [1.807, 2.05) is 0 Å². The zero-order valence-electron chi connectivity index (χ0n) is 8.15. The van der Waals surface area contributed by atoms with Crippen LogP contribution >= 0.6 is 31.9 Å². The van der Waals surface area contributed by atoms with Gasteiger partial charge in [-0.3, -0.25) is 0 Å². The third-order valence-corrected chi connectivity index (χ3v) is 1.64. The van der Waals surface area contributed by atoms with E-state index in [2.05, 4.69) is 36.6 Å². The van der Waals surface area contributed by atoms with E-state index in [1.54, 1.807) is 6.08 Å². The molecule has 0 aromatic rings. The smallest absolute Gasteiger partial charge is 0.330 e. The lowest BCUT2D eigenvalue weighted by Gasteiger charge is -1.85. The topological polar surface area (TPSA) is 63.6 Å². The van der Waals surface area contributed by atoms with Crippen molar-refractivity contribution in [3.63, 3.8) is 0 Å². The first-order chi connectivity index (χ1) is 7.08. The summed E-state index contributed by atoms with van der Waals surface area (Å²) < 4.78 is 4.31. The Balaban J connectivity index is 0. The minimum atomic E-state index is -0.903. The third-order valence-electron chi connectivity index (χ3n) is 0.894. The van der Waals surface area contributed by atoms with E-state index in [-0.39, 0.29) is 5.97 Å². The highest BCUT2D eigenvalue weighted by Gasteiger charge is 1.86. The Hall–Kier alpha value is -0.620. The maximum absolute atomic E-state index is 10.2. The number of aliphatic carboxylic acids is 1. The predicted octanol–water partition coefficient (Wildman–Crippen LogP) is 2.13. The van der Waals surface area contributed by atoms with Gasteiger partial charge in [-0.1, -0.05) is 44.0 Å². The average molecular weight is 344 g/mol. The number of allylic oxidation sites excluding steroid dienone is 2. The van der Waals surface area contributed by atoms with Crippen molar-refractivity contribution in [3.8, 4) is 0 Å². The molecule has 0 aromatic heterocycles. The number of alkyl halides is 2. The van der Waals surface area contributed by atoms with Crippen LogP contribution in [0.15, 0.2) is 24.3 Å². The van der Waals surface area contributed by atoms with Crippen molar-refractivity contribution >= 4 is 43.8 Å². The number of ether oxygens (including phenoxy) is 1. The van der Waals surface area contributed by atoms with Crippen molar-refractivity contribution in [1.29, 1.82) is 0 Å². The third kappa shape index (κ3) is 19.7. The zero-order valence-corrected chi connectivity index (χ0v) is 11.3. The van der Waals surface area contributed by atoms with Crippen LogP contribution in [0.2, 0.25) is 0 Å². The number of esters is 1. The minimum absolute atomic E-state index is 0.315. The molecule has 0 amide bonds. The lowest BCUT2D eigenvalue weighted by molar-refractivity contribution is -0.135. The Bertz CT molecular complexity index is 236. The molecule has 0 radical (unpaired) electrons. The lowest BCUT2D eigenvalue weighted by Crippen LogP contribution is -1.93. The number of hydrogen-bond donors (Lipinski definition) is 1. The molecule has 0 aliphatic carbocycles. The van der Waals surface area contributed by atoms with Crippen LogP contribution in [0, 0.1) is 0 Å². The van der Waals surface area contributed by atoms with Crippen LogP contribution in [-0.4, -0.2) is 34.8 Å². The summed E-state index contributed by atoms with van der Waals surface area (Å²) in [6.45, 7) is 0. The summed E-state index contributed by atoms with van der Waals surface area (Å²) in [7, 11) is 1.35. The summed E-state index contributed by atoms with van der Waals surface area (Å²) in [5.74, 6) is -1.22. The maximum Gasteiger partial charge on any atom is 0.330 e. The Morgan fingerprint density at radius 3 is 1.93 bits per heavy atom. The first-order valence-electron chi connectivity index (χ1n) is 3.84. The Morgan fingerprint density at radius 1 is 1.20 bits per heavy atom. The van der Waals surface area contributed by atoms with Crippen LogP contribution in [0.3, 0.4) is 0 Å². The number of hydrogen-bond acceptors (Lipinski definition) is 3. The second-order valence-electron chi connectivity index (χ2n) is 1.97. The van der Waals surface area contributed by atoms with E-state index >= 15 is 0 Å². The number of rotatable bonds is 4. The molecular weight excluding hydrogens is 332 g/mol. The van der Waals surface area contributed by atoms with Gasteiger partial charge in [0.25, 0.3) is 0 Å². The monoisotopic (exact) mass is 342 g/mol. The second kappa shape index (κ2) is 13.4. The highest BCUT2D eigenvalue weighted by molar-refractivity contribution is 9.09. The summed E-state index contributed by atoms with van der Waals surface area (Å²) in [5.41, 5.74) is 0. The van der Waals surface area contributed by atoms with E-state index < -0.39 is 5.97 Å². The average Bonchev–Trinajstić information content (AvgIpc) is 2.23. The Labute approximate surface area is 105 Å². The fraction of sp³-hybridized carbons (Fsp3) is 0.333. The second-order valence-corrected chi connectivity index (χ2v) is 3.27. The van der Waals surface area contributed by atoms with Gasteiger partial charge in [0, 0.05) is 22.8 Å². The molecule has 0 aliphatic rings. The summed E-state index contributed by atoms with van der Waals surface area (Å²) in [4.78, 5) is 19.9. The quantitative estimate of drug-likeness (QED) is 0.482. The van der Waals surface area contributed by atoms with Crippen molar-refractivity contribution in [2.75, 3.05) is 17.8 Å². The van der Waals surface area contributed by atoms with Gasteiger partial charge in [-0.25, -0.2) is 9.59 Å². The molecule has 0 aromatic carbocycles. The van der Waals surface area contributed by atoms with Gasteiger partial charge in [0.05, 0.1) is 7.11 Å². The first-order valence-corrected chi connectivity index (χ1v) is 6.08. The van der Waals surface area contributed by atoms with Gasteiger partial charge >= 0.3 is 11.9 Å². The highest BCUT2D eigenvalue weighted by Crippen LogP contribution is 1.82. The van der Waals surface area contributed by atoms with E-state index in [0.29, 0.717) is 10.7 Å². The summed E-state index contributed by atoms with van der Waals surface area (Å²) >= 11 is 6.14. The molecule has 0 unspecified atom stereocenters. The summed E-state index contributed by atoms with van der Waals surface area (Å²) in [6.07, 6.45) is 5.65. The predicted molar refractivity (Wildman–Crippen MR) is 65.5 cm³/mol. The van der Waals surface area contributed by atoms with Crippen LogP contribution in [0.25, 0.3) is 0 Å². The Kier molecular flexibility index (Phi) is 15.0. The SMILES string of the molecule is COC(=O)/C=C/CBr.O=C(O)/C=C/CBr. The number of carboxylic acids is 1. The van der Waals surface area contributed by atoms with Crippen molar-refractivity contribution in [1.82, 2.24) is 0 Å². The molecule has 86 valence electrons. The molecule has 0 rings (SSSR count). The number of carbonyl (C=O) groups excluding carboxylic acids is 1. The number of halogens is 2. The Morgan fingerprint density at radius 2 is 1.67 bits per heavy atom. The van der Waals surface area contributed by atoms with Gasteiger partial charge in [0.1, 0.15) is 0 Å². The molecule has 4 nitrogen and oxygen atoms in total. The van der Waals surface area contributed by atoms with Crippen LogP contribution in [0.1, 0.15) is 0 Å². The molecule has 0 heterocycles. The molecule has 1 N–H and O–H groups in total. The summed E-state index contributed by atoms with van der Waals surface area (Å²) in [5, 5.41) is 9.22. The van der Waals surface area contributed by atoms with E-state index in [9.17, 15) is 9.59 Å². The zero-order chi connectivity index (χ0) is 12.1. The van der Waals surface area contributed by atoms with Gasteiger partial charge in [-0.15, -0.1) is 0 Å². The van der Waals surface area contributed by atoms with Gasteiger partial charge in [0.2, 0.25) is 0 Å². The standard InChI is InChI=1S/C5H7BrO2.C4H5BrO2/c1-8-5(7)3-2-4-6;5-3-1-2-4(6)7/h2-3H,4H2,1H3;1-2H,3H2,(H,6,7)/b3-2+;2-1+. The first kappa shape index (κ1) is 16.8. The van der Waals surface area contributed by atoms with E-state index in [0.717, 1.165) is 6.08 Å². The van der Waals surface area contributed by atoms with Gasteiger partial charge in [0.15, 0.2) is 0 Å². The van der Waals surface area contributed by atoms with Crippen LogP contribution in [0.5, 0.6) is 0 Å². The van der Waals surface area contributed by atoms with Crippen LogP contribution < -0.4 is 0 Å². The summed E-state index contributed by atoms with van der Waals surface area (Å²) in [6, 6.07) is 0. The van der Waals surface area contributed by atoms with Gasteiger partial charge in [-0.2, -0.15) is 0 Å². The number of carbonyl (C=O) groups is 2. The molecule has 0 spiro atoms. The molecule has 0 fully saturated rings. The molecule has 0 atom stereocenters. The minimum Gasteiger partial charge on any atom is -0.478 e. The largest absolute Gasteiger partial charge is 0.478 e. The van der Waals surface area contributed by atoms with Crippen molar-refractivity contribution in [3.05, 3.63) is 24.3 Å². The lowest BCUT2D eigenvalue weighted by atomic mass is 10.5. The van der Waals surface area contributed by atoms with Crippen LogP contribution in [-0.2, 0) is 14.3 Å². The molecule has 0 bridgehead atoms. The van der Waals surface area contributed by atoms with E-state index in [1.165, 1.54) is 19.3 Å². The van der Waals surface area contributed by atoms with Gasteiger partial charge < -0.3 is 9.84 Å². The fourth-order valence-electron chi connectivity index (χ4n) is 0.354. The van der Waals surface area contributed by atoms with Crippen molar-refractivity contribution in [2.45, 2.75) is 0 Å². The van der Waals surface area contributed by atoms with Crippen LogP contribution in [0.4, 0.5) is 0 Å². The fourth-order valence-corrected chi connectivity index (χ4v) is 0.728.